The van der Waals surface area contributed by atoms with Crippen molar-refractivity contribution in [3.8, 4) is 0 Å². The van der Waals surface area contributed by atoms with Crippen molar-refractivity contribution in [2.24, 2.45) is 4.99 Å². The number of aliphatic imine (C=N–C) groups is 1. The fourth-order valence-electron chi connectivity index (χ4n) is 2.64. The van der Waals surface area contributed by atoms with Crippen molar-refractivity contribution in [2.45, 2.75) is 37.5 Å². The van der Waals surface area contributed by atoms with Gasteiger partial charge in [0, 0.05) is 13.6 Å². The SMILES string of the molecule is CN1CCN=C1NC1CC2CCC1O2. The molecule has 3 unspecified atom stereocenters. The third kappa shape index (κ3) is 1.29. The monoisotopic (exact) mass is 195 g/mol. The highest BCUT2D eigenvalue weighted by Gasteiger charge is 2.41. The molecule has 4 nitrogen and oxygen atoms in total. The molecule has 2 saturated heterocycles. The molecule has 3 heterocycles. The number of likely N-dealkylation sites (N-methyl/N-ethyl adjacent to an activating group) is 1. The summed E-state index contributed by atoms with van der Waals surface area (Å²) in [6, 6.07) is 0.507. The zero-order valence-electron chi connectivity index (χ0n) is 8.57. The zero-order chi connectivity index (χ0) is 9.54. The van der Waals surface area contributed by atoms with Gasteiger partial charge >= 0.3 is 0 Å². The molecular formula is C10H17N3O. The van der Waals surface area contributed by atoms with Crippen LogP contribution in [0.25, 0.3) is 0 Å². The molecule has 14 heavy (non-hydrogen) atoms. The summed E-state index contributed by atoms with van der Waals surface area (Å²) in [6.45, 7) is 1.98. The molecule has 0 saturated carbocycles. The molecule has 0 aromatic heterocycles. The molecule has 2 bridgehead atoms. The van der Waals surface area contributed by atoms with E-state index in [9.17, 15) is 0 Å². The summed E-state index contributed by atoms with van der Waals surface area (Å²) in [5.41, 5.74) is 0. The fraction of sp³-hybridized carbons (Fsp3) is 0.900. The second-order valence-corrected chi connectivity index (χ2v) is 4.49. The van der Waals surface area contributed by atoms with E-state index in [2.05, 4.69) is 22.3 Å². The summed E-state index contributed by atoms with van der Waals surface area (Å²) in [5, 5.41) is 3.51. The number of nitrogens with zero attached hydrogens (tertiary/aromatic N) is 2. The predicted octanol–water partition coefficient (Wildman–Crippen LogP) is 0.197. The van der Waals surface area contributed by atoms with Crippen molar-refractivity contribution in [1.82, 2.24) is 10.2 Å². The van der Waals surface area contributed by atoms with Gasteiger partial charge < -0.3 is 15.0 Å². The number of nitrogens with one attached hydrogen (secondary N) is 1. The van der Waals surface area contributed by atoms with Gasteiger partial charge in [0.05, 0.1) is 24.8 Å². The highest BCUT2D eigenvalue weighted by atomic mass is 16.5. The van der Waals surface area contributed by atoms with Crippen LogP contribution in [-0.2, 0) is 4.74 Å². The number of ether oxygens (including phenoxy) is 1. The van der Waals surface area contributed by atoms with Gasteiger partial charge in [0.15, 0.2) is 5.96 Å². The minimum atomic E-state index is 0.441. The molecule has 3 aliphatic rings. The van der Waals surface area contributed by atoms with Gasteiger partial charge in [-0.2, -0.15) is 0 Å². The van der Waals surface area contributed by atoms with E-state index in [1.54, 1.807) is 0 Å². The van der Waals surface area contributed by atoms with E-state index in [0.717, 1.165) is 25.5 Å². The standard InChI is InChI=1S/C10H17N3O/c1-13-5-4-11-10(13)12-8-6-7-2-3-9(8)14-7/h7-9H,2-6H2,1H3,(H,11,12). The maximum Gasteiger partial charge on any atom is 0.194 e. The molecule has 0 radical (unpaired) electrons. The summed E-state index contributed by atoms with van der Waals surface area (Å²) in [5.74, 6) is 1.06. The Hall–Kier alpha value is -0.770. The Morgan fingerprint density at radius 3 is 3.00 bits per heavy atom. The van der Waals surface area contributed by atoms with Gasteiger partial charge in [0.2, 0.25) is 0 Å². The average molecular weight is 195 g/mol. The van der Waals surface area contributed by atoms with Crippen LogP contribution in [0.15, 0.2) is 4.99 Å². The first-order chi connectivity index (χ1) is 6.83. The van der Waals surface area contributed by atoms with Gasteiger partial charge in [0.1, 0.15) is 0 Å². The predicted molar refractivity (Wildman–Crippen MR) is 54.4 cm³/mol. The van der Waals surface area contributed by atoms with Crippen molar-refractivity contribution in [3.63, 3.8) is 0 Å². The van der Waals surface area contributed by atoms with Crippen LogP contribution in [0.1, 0.15) is 19.3 Å². The van der Waals surface area contributed by atoms with Gasteiger partial charge in [-0.25, -0.2) is 0 Å². The van der Waals surface area contributed by atoms with Crippen molar-refractivity contribution >= 4 is 5.96 Å². The lowest BCUT2D eigenvalue weighted by Gasteiger charge is -2.24. The number of guanidine groups is 1. The topological polar surface area (TPSA) is 36.9 Å². The van der Waals surface area contributed by atoms with Gasteiger partial charge in [-0.1, -0.05) is 0 Å². The van der Waals surface area contributed by atoms with Gasteiger partial charge in [-0.15, -0.1) is 0 Å². The second-order valence-electron chi connectivity index (χ2n) is 4.49. The van der Waals surface area contributed by atoms with E-state index in [1.807, 2.05) is 0 Å². The van der Waals surface area contributed by atoms with E-state index < -0.39 is 0 Å². The summed E-state index contributed by atoms with van der Waals surface area (Å²) in [7, 11) is 2.09. The van der Waals surface area contributed by atoms with Crippen LogP contribution in [0.3, 0.4) is 0 Å². The van der Waals surface area contributed by atoms with Crippen molar-refractivity contribution in [3.05, 3.63) is 0 Å². The lowest BCUT2D eigenvalue weighted by atomic mass is 9.96. The highest BCUT2D eigenvalue weighted by molar-refractivity contribution is 5.81. The van der Waals surface area contributed by atoms with Crippen molar-refractivity contribution in [2.75, 3.05) is 20.1 Å². The van der Waals surface area contributed by atoms with Gasteiger partial charge in [-0.05, 0) is 19.3 Å². The van der Waals surface area contributed by atoms with Crippen LogP contribution < -0.4 is 5.32 Å². The molecule has 0 aromatic carbocycles. The summed E-state index contributed by atoms with van der Waals surface area (Å²) in [4.78, 5) is 6.63. The maximum atomic E-state index is 5.79. The summed E-state index contributed by atoms with van der Waals surface area (Å²) in [6.07, 6.45) is 4.60. The molecule has 4 heteroatoms. The maximum absolute atomic E-state index is 5.79. The first-order valence-electron chi connectivity index (χ1n) is 5.50. The third-order valence-corrected chi connectivity index (χ3v) is 3.48. The number of hydrogen-bond acceptors (Lipinski definition) is 4. The van der Waals surface area contributed by atoms with Crippen LogP contribution in [-0.4, -0.2) is 49.2 Å². The second kappa shape index (κ2) is 3.12. The van der Waals surface area contributed by atoms with Crippen molar-refractivity contribution < 1.29 is 4.74 Å². The Morgan fingerprint density at radius 2 is 2.43 bits per heavy atom. The number of fused-ring (bicyclic) bond motifs is 2. The normalized spacial score (nSPS) is 40.5. The zero-order valence-corrected chi connectivity index (χ0v) is 8.57. The largest absolute Gasteiger partial charge is 0.373 e. The van der Waals surface area contributed by atoms with Crippen LogP contribution in [0.2, 0.25) is 0 Å². The Balaban J connectivity index is 1.63. The first kappa shape index (κ1) is 8.53. The molecule has 3 aliphatic heterocycles. The average Bonchev–Trinajstić information content (AvgIpc) is 2.83. The van der Waals surface area contributed by atoms with Crippen LogP contribution >= 0.6 is 0 Å². The minimum absolute atomic E-state index is 0.441. The Bertz CT molecular complexity index is 266. The Kier molecular flexibility index (Phi) is 1.90. The van der Waals surface area contributed by atoms with E-state index in [-0.39, 0.29) is 0 Å². The molecule has 0 amide bonds. The summed E-state index contributed by atoms with van der Waals surface area (Å²) >= 11 is 0. The fourth-order valence-corrected chi connectivity index (χ4v) is 2.64. The molecule has 0 aliphatic carbocycles. The number of rotatable bonds is 1. The van der Waals surface area contributed by atoms with Crippen LogP contribution in [0, 0.1) is 0 Å². The Labute approximate surface area is 84.3 Å². The molecule has 3 atom stereocenters. The van der Waals surface area contributed by atoms with E-state index in [4.69, 9.17) is 4.74 Å². The lowest BCUT2D eigenvalue weighted by molar-refractivity contribution is 0.0990. The van der Waals surface area contributed by atoms with E-state index >= 15 is 0 Å². The van der Waals surface area contributed by atoms with Crippen LogP contribution in [0.5, 0.6) is 0 Å². The first-order valence-corrected chi connectivity index (χ1v) is 5.50. The molecule has 0 aromatic rings. The van der Waals surface area contributed by atoms with Gasteiger partial charge in [0.25, 0.3) is 0 Å². The molecule has 0 spiro atoms. The quantitative estimate of drug-likeness (QED) is 0.649. The van der Waals surface area contributed by atoms with E-state index in [0.29, 0.717) is 18.2 Å². The molecule has 78 valence electrons. The van der Waals surface area contributed by atoms with Crippen molar-refractivity contribution in [1.29, 1.82) is 0 Å². The molecule has 1 N–H and O–H groups in total. The highest BCUT2D eigenvalue weighted by Crippen LogP contribution is 2.34. The van der Waals surface area contributed by atoms with Crippen LogP contribution in [0.4, 0.5) is 0 Å². The molecule has 2 fully saturated rings. The third-order valence-electron chi connectivity index (χ3n) is 3.48. The minimum Gasteiger partial charge on any atom is -0.373 e. The van der Waals surface area contributed by atoms with Gasteiger partial charge in [-0.3, -0.25) is 4.99 Å². The Morgan fingerprint density at radius 1 is 1.50 bits per heavy atom. The lowest BCUT2D eigenvalue weighted by Crippen LogP contribution is -2.46. The van der Waals surface area contributed by atoms with E-state index in [1.165, 1.54) is 12.8 Å². The molecule has 3 rings (SSSR count). The summed E-state index contributed by atoms with van der Waals surface area (Å²) < 4.78 is 5.79. The molecular weight excluding hydrogens is 178 g/mol. The number of hydrogen-bond donors (Lipinski definition) is 1. The smallest absolute Gasteiger partial charge is 0.194 e.